The van der Waals surface area contributed by atoms with Gasteiger partial charge in [-0.25, -0.2) is 4.79 Å². The number of aliphatic hydroxyl groups is 1. The number of likely N-dealkylation sites (tertiary alicyclic amines) is 1. The molecule has 2 aromatic carbocycles. The van der Waals surface area contributed by atoms with E-state index < -0.39 is 6.10 Å². The quantitative estimate of drug-likeness (QED) is 0.876. The summed E-state index contributed by atoms with van der Waals surface area (Å²) in [5, 5.41) is 12.9. The highest BCUT2D eigenvalue weighted by molar-refractivity contribution is 5.83. The highest BCUT2D eigenvalue weighted by Gasteiger charge is 2.31. The van der Waals surface area contributed by atoms with E-state index in [2.05, 4.69) is 30.3 Å². The molecular formula is C19H23NO4. The molecule has 0 aromatic heterocycles. The second kappa shape index (κ2) is 7.64. The normalized spacial score (nSPS) is 21.0. The topological polar surface area (TPSA) is 59.0 Å². The number of carbonyl (C=O) groups is 1. The van der Waals surface area contributed by atoms with E-state index in [0.717, 1.165) is 12.0 Å². The van der Waals surface area contributed by atoms with Crippen LogP contribution in [0.2, 0.25) is 0 Å². The van der Waals surface area contributed by atoms with Crippen LogP contribution >= 0.6 is 0 Å². The van der Waals surface area contributed by atoms with Crippen LogP contribution in [-0.2, 0) is 9.47 Å². The minimum Gasteiger partial charge on any atom is -0.447 e. The number of ether oxygens (including phenoxy) is 2. The molecule has 1 heterocycles. The highest BCUT2D eigenvalue weighted by atomic mass is 16.6. The van der Waals surface area contributed by atoms with Gasteiger partial charge in [0.2, 0.25) is 0 Å². The van der Waals surface area contributed by atoms with E-state index in [9.17, 15) is 9.90 Å². The maximum atomic E-state index is 12.0. The number of aliphatic hydroxyl groups excluding tert-OH is 1. The second-order valence-corrected chi connectivity index (χ2v) is 6.12. The van der Waals surface area contributed by atoms with E-state index in [1.807, 2.05) is 12.1 Å². The van der Waals surface area contributed by atoms with Crippen molar-refractivity contribution >= 4 is 16.9 Å². The van der Waals surface area contributed by atoms with Crippen molar-refractivity contribution in [2.75, 3.05) is 33.4 Å². The Morgan fingerprint density at radius 3 is 2.75 bits per heavy atom. The predicted molar refractivity (Wildman–Crippen MR) is 92.1 cm³/mol. The van der Waals surface area contributed by atoms with Gasteiger partial charge in [-0.2, -0.15) is 0 Å². The molecule has 1 saturated heterocycles. The molecule has 0 aliphatic carbocycles. The summed E-state index contributed by atoms with van der Waals surface area (Å²) in [6.45, 7) is 1.49. The fourth-order valence-electron chi connectivity index (χ4n) is 3.23. The predicted octanol–water partition coefficient (Wildman–Crippen LogP) is 2.77. The number of fused-ring (bicyclic) bond motifs is 1. The van der Waals surface area contributed by atoms with E-state index in [0.29, 0.717) is 19.7 Å². The third kappa shape index (κ3) is 3.68. The standard InChI is InChI=1S/C19H23NO4/c1-23-10-11-24-19(22)20-9-8-17(18(21)13-20)16-7-6-14-4-2-3-5-15(14)12-16/h2-7,12,17-18,21H,8-11,13H2,1H3/t17-,18+/m0/s1. The number of piperidine rings is 1. The van der Waals surface area contributed by atoms with E-state index in [1.165, 1.54) is 10.8 Å². The summed E-state index contributed by atoms with van der Waals surface area (Å²) < 4.78 is 9.99. The summed E-state index contributed by atoms with van der Waals surface area (Å²) in [6.07, 6.45) is -0.253. The zero-order chi connectivity index (χ0) is 16.9. The highest BCUT2D eigenvalue weighted by Crippen LogP contribution is 2.30. The number of rotatable bonds is 4. The first-order chi connectivity index (χ1) is 11.7. The van der Waals surface area contributed by atoms with Gasteiger partial charge in [-0.15, -0.1) is 0 Å². The number of nitrogens with zero attached hydrogens (tertiary/aromatic N) is 1. The molecule has 1 fully saturated rings. The third-order valence-corrected chi connectivity index (χ3v) is 4.55. The van der Waals surface area contributed by atoms with Gasteiger partial charge in [0.1, 0.15) is 6.61 Å². The van der Waals surface area contributed by atoms with Crippen LogP contribution in [0.15, 0.2) is 42.5 Å². The average Bonchev–Trinajstić information content (AvgIpc) is 2.61. The fourth-order valence-corrected chi connectivity index (χ4v) is 3.23. The molecule has 0 unspecified atom stereocenters. The number of amides is 1. The van der Waals surface area contributed by atoms with Gasteiger partial charge >= 0.3 is 6.09 Å². The molecule has 0 saturated carbocycles. The molecule has 3 rings (SSSR count). The number of β-amino-alcohol motifs (C(OH)–C–C–N with tert-alkyl or cyclic N) is 1. The van der Waals surface area contributed by atoms with Crippen molar-refractivity contribution < 1.29 is 19.4 Å². The summed E-state index contributed by atoms with van der Waals surface area (Å²) in [4.78, 5) is 13.5. The van der Waals surface area contributed by atoms with Gasteiger partial charge in [0, 0.05) is 19.6 Å². The van der Waals surface area contributed by atoms with Crippen molar-refractivity contribution in [3.05, 3.63) is 48.0 Å². The molecule has 2 aromatic rings. The van der Waals surface area contributed by atoms with E-state index in [1.54, 1.807) is 12.0 Å². The zero-order valence-corrected chi connectivity index (χ0v) is 13.9. The van der Waals surface area contributed by atoms with Gasteiger partial charge in [0.25, 0.3) is 0 Å². The maximum absolute atomic E-state index is 12.0. The van der Waals surface area contributed by atoms with Crippen LogP contribution in [0.1, 0.15) is 17.9 Å². The van der Waals surface area contributed by atoms with Crippen molar-refractivity contribution in [1.82, 2.24) is 4.90 Å². The molecule has 5 heteroatoms. The Balaban J connectivity index is 1.65. The molecule has 1 aliphatic rings. The Hall–Kier alpha value is -2.11. The molecule has 2 atom stereocenters. The molecule has 1 aliphatic heterocycles. The molecule has 5 nitrogen and oxygen atoms in total. The lowest BCUT2D eigenvalue weighted by Gasteiger charge is -2.35. The lowest BCUT2D eigenvalue weighted by molar-refractivity contribution is 0.0284. The van der Waals surface area contributed by atoms with Crippen LogP contribution < -0.4 is 0 Å². The number of hydrogen-bond acceptors (Lipinski definition) is 4. The first-order valence-corrected chi connectivity index (χ1v) is 8.26. The van der Waals surface area contributed by atoms with Crippen molar-refractivity contribution in [1.29, 1.82) is 0 Å². The first-order valence-electron chi connectivity index (χ1n) is 8.26. The molecule has 128 valence electrons. The smallest absolute Gasteiger partial charge is 0.409 e. The number of methoxy groups -OCH3 is 1. The molecule has 0 bridgehead atoms. The summed E-state index contributed by atoms with van der Waals surface area (Å²) in [7, 11) is 1.56. The Labute approximate surface area is 141 Å². The SMILES string of the molecule is COCCOC(=O)N1CC[C@@H](c2ccc3ccccc3c2)[C@H](O)C1. The van der Waals surface area contributed by atoms with Crippen LogP contribution in [-0.4, -0.2) is 55.6 Å². The molecular weight excluding hydrogens is 306 g/mol. The largest absolute Gasteiger partial charge is 0.447 e. The summed E-state index contributed by atoms with van der Waals surface area (Å²) >= 11 is 0. The molecule has 0 spiro atoms. The van der Waals surface area contributed by atoms with Gasteiger partial charge in [-0.05, 0) is 22.8 Å². The van der Waals surface area contributed by atoms with E-state index >= 15 is 0 Å². The maximum Gasteiger partial charge on any atom is 0.409 e. The number of benzene rings is 2. The Morgan fingerprint density at radius 1 is 1.21 bits per heavy atom. The average molecular weight is 329 g/mol. The van der Waals surface area contributed by atoms with Gasteiger partial charge in [0.15, 0.2) is 0 Å². The monoisotopic (exact) mass is 329 g/mol. The van der Waals surface area contributed by atoms with Gasteiger partial charge in [-0.1, -0.05) is 42.5 Å². The summed E-state index contributed by atoms with van der Waals surface area (Å²) in [5.74, 6) is 0.0395. The Bertz CT molecular complexity index is 703. The van der Waals surface area contributed by atoms with E-state index in [4.69, 9.17) is 9.47 Å². The molecule has 0 radical (unpaired) electrons. The van der Waals surface area contributed by atoms with Crippen molar-refractivity contribution in [3.8, 4) is 0 Å². The minimum atomic E-state index is -0.588. The third-order valence-electron chi connectivity index (χ3n) is 4.55. The van der Waals surface area contributed by atoms with Crippen molar-refractivity contribution in [3.63, 3.8) is 0 Å². The second-order valence-electron chi connectivity index (χ2n) is 6.12. The van der Waals surface area contributed by atoms with Gasteiger partial charge in [-0.3, -0.25) is 0 Å². The van der Waals surface area contributed by atoms with E-state index in [-0.39, 0.29) is 18.6 Å². The Morgan fingerprint density at radius 2 is 2.00 bits per heavy atom. The minimum absolute atomic E-state index is 0.0395. The molecule has 1 N–H and O–H groups in total. The van der Waals surface area contributed by atoms with Crippen molar-refractivity contribution in [2.24, 2.45) is 0 Å². The number of carbonyl (C=O) groups excluding carboxylic acids is 1. The van der Waals surface area contributed by atoms with Crippen LogP contribution in [0.25, 0.3) is 10.8 Å². The van der Waals surface area contributed by atoms with Gasteiger partial charge in [0.05, 0.1) is 19.3 Å². The fraction of sp³-hybridized carbons (Fsp3) is 0.421. The lowest BCUT2D eigenvalue weighted by Crippen LogP contribution is -2.46. The van der Waals surface area contributed by atoms with Crippen LogP contribution in [0.5, 0.6) is 0 Å². The van der Waals surface area contributed by atoms with Gasteiger partial charge < -0.3 is 19.5 Å². The van der Waals surface area contributed by atoms with Crippen LogP contribution in [0.4, 0.5) is 4.79 Å². The number of hydrogen-bond donors (Lipinski definition) is 1. The summed E-state index contributed by atoms with van der Waals surface area (Å²) in [6, 6.07) is 14.5. The first kappa shape index (κ1) is 16.7. The van der Waals surface area contributed by atoms with Crippen molar-refractivity contribution in [2.45, 2.75) is 18.4 Å². The van der Waals surface area contributed by atoms with Crippen LogP contribution in [0, 0.1) is 0 Å². The summed E-state index contributed by atoms with van der Waals surface area (Å²) in [5.41, 5.74) is 1.12. The Kier molecular flexibility index (Phi) is 5.33. The van der Waals surface area contributed by atoms with Crippen LogP contribution in [0.3, 0.4) is 0 Å². The zero-order valence-electron chi connectivity index (χ0n) is 13.9. The molecule has 24 heavy (non-hydrogen) atoms. The lowest BCUT2D eigenvalue weighted by atomic mass is 9.86. The molecule has 1 amide bonds.